The molecule has 4 heterocycles. The Labute approximate surface area is 200 Å². The van der Waals surface area contributed by atoms with Gasteiger partial charge in [0.15, 0.2) is 0 Å². The van der Waals surface area contributed by atoms with Crippen LogP contribution in [0.4, 0.5) is 17.6 Å². The summed E-state index contributed by atoms with van der Waals surface area (Å²) in [5, 5.41) is 3.38. The smallest absolute Gasteiger partial charge is 0.223 e. The van der Waals surface area contributed by atoms with E-state index in [1.54, 1.807) is 0 Å². The van der Waals surface area contributed by atoms with Gasteiger partial charge in [-0.25, -0.2) is 0 Å². The number of nitrogen functional groups attached to an aromatic ring is 1. The highest BCUT2D eigenvalue weighted by molar-refractivity contribution is 7.80. The molecule has 170 valence electrons. The van der Waals surface area contributed by atoms with Crippen LogP contribution in [0.15, 0.2) is 42.6 Å². The Balaban J connectivity index is 1.43. The first-order valence-electron chi connectivity index (χ1n) is 11.4. The van der Waals surface area contributed by atoms with Crippen LogP contribution in [0.5, 0.6) is 0 Å². The molecule has 3 aromatic rings. The average molecular weight is 460 g/mol. The second kappa shape index (κ2) is 9.03. The van der Waals surface area contributed by atoms with E-state index in [9.17, 15) is 0 Å². The lowest BCUT2D eigenvalue weighted by molar-refractivity contribution is 0.578. The van der Waals surface area contributed by atoms with E-state index in [-0.39, 0.29) is 0 Å². The largest absolute Gasteiger partial charge is 0.368 e. The highest BCUT2D eigenvalue weighted by atomic mass is 32.1. The molecule has 2 aliphatic rings. The van der Waals surface area contributed by atoms with E-state index in [1.807, 2.05) is 19.2 Å². The first-order valence-corrected chi connectivity index (χ1v) is 11.8. The number of fused-ring (bicyclic) bond motifs is 1. The molecule has 0 spiro atoms. The maximum Gasteiger partial charge on any atom is 0.223 e. The van der Waals surface area contributed by atoms with Crippen LogP contribution in [0.1, 0.15) is 30.7 Å². The molecule has 1 aromatic carbocycles. The highest BCUT2D eigenvalue weighted by Gasteiger charge is 2.26. The van der Waals surface area contributed by atoms with Crippen LogP contribution < -0.4 is 20.9 Å². The molecule has 0 saturated carbocycles. The van der Waals surface area contributed by atoms with Gasteiger partial charge in [0.2, 0.25) is 5.95 Å². The zero-order valence-corrected chi connectivity index (χ0v) is 19.9. The summed E-state index contributed by atoms with van der Waals surface area (Å²) in [5.74, 6) is 2.13. The maximum absolute atomic E-state index is 6.14. The number of rotatable bonds is 4. The van der Waals surface area contributed by atoms with Gasteiger partial charge in [0.25, 0.3) is 0 Å². The van der Waals surface area contributed by atoms with Crippen molar-refractivity contribution in [1.82, 2.24) is 20.3 Å². The molecule has 5 rings (SSSR count). The molecule has 2 aromatic heterocycles. The van der Waals surface area contributed by atoms with E-state index in [0.29, 0.717) is 12.0 Å². The van der Waals surface area contributed by atoms with Crippen molar-refractivity contribution in [3.05, 3.63) is 59.4 Å². The van der Waals surface area contributed by atoms with Crippen molar-refractivity contribution in [3.63, 3.8) is 0 Å². The van der Waals surface area contributed by atoms with Gasteiger partial charge in [0.1, 0.15) is 11.6 Å². The van der Waals surface area contributed by atoms with E-state index >= 15 is 0 Å². The molecule has 33 heavy (non-hydrogen) atoms. The summed E-state index contributed by atoms with van der Waals surface area (Å²) in [4.78, 5) is 19.1. The number of anilines is 3. The van der Waals surface area contributed by atoms with Gasteiger partial charge in [0.05, 0.1) is 5.69 Å². The molecule has 1 unspecified atom stereocenters. The number of hydrogen-bond acceptors (Lipinski definition) is 8. The van der Waals surface area contributed by atoms with E-state index in [2.05, 4.69) is 67.3 Å². The molecule has 0 radical (unpaired) electrons. The van der Waals surface area contributed by atoms with Crippen molar-refractivity contribution in [2.45, 2.75) is 32.9 Å². The molecular weight excluding hydrogens is 430 g/mol. The number of nitrogens with two attached hydrogens (primary N) is 1. The van der Waals surface area contributed by atoms with Crippen LogP contribution in [0, 0.1) is 0 Å². The van der Waals surface area contributed by atoms with Gasteiger partial charge in [-0.3, -0.25) is 4.98 Å². The van der Waals surface area contributed by atoms with Crippen LogP contribution >= 0.6 is 12.2 Å². The van der Waals surface area contributed by atoms with Crippen LogP contribution in [0.2, 0.25) is 0 Å². The number of thiocarbonyl (C=S) groups is 1. The highest BCUT2D eigenvalue weighted by Crippen LogP contribution is 2.32. The van der Waals surface area contributed by atoms with Crippen molar-refractivity contribution < 1.29 is 0 Å². The van der Waals surface area contributed by atoms with Gasteiger partial charge in [-0.2, -0.15) is 9.97 Å². The fourth-order valence-electron chi connectivity index (χ4n) is 4.64. The lowest BCUT2D eigenvalue weighted by Gasteiger charge is -2.37. The Bertz CT molecular complexity index is 1170. The van der Waals surface area contributed by atoms with Gasteiger partial charge in [-0.05, 0) is 49.1 Å². The summed E-state index contributed by atoms with van der Waals surface area (Å²) in [5.41, 5.74) is 11.9. The SMILES string of the molecule is CC(=S)c1ccc(-c2ccc3c(c2)CN(c2cc(N4CCNCC4)nc(N)n2)C(C)C3)cn1. The summed E-state index contributed by atoms with van der Waals surface area (Å²) in [6, 6.07) is 13.2. The fourth-order valence-corrected chi connectivity index (χ4v) is 4.76. The van der Waals surface area contributed by atoms with Gasteiger partial charge in [0, 0.05) is 61.5 Å². The molecule has 8 heteroatoms. The molecule has 1 saturated heterocycles. The number of nitrogens with one attached hydrogen (secondary N) is 1. The number of aromatic nitrogens is 3. The third-order valence-corrected chi connectivity index (χ3v) is 6.71. The first-order chi connectivity index (χ1) is 16.0. The molecule has 1 fully saturated rings. The number of pyridine rings is 1. The third kappa shape index (κ3) is 4.54. The van der Waals surface area contributed by atoms with E-state index in [1.165, 1.54) is 11.1 Å². The Morgan fingerprint density at radius 1 is 1.03 bits per heavy atom. The normalized spacial score (nSPS) is 18.2. The predicted molar refractivity (Wildman–Crippen MR) is 138 cm³/mol. The molecule has 1 atom stereocenters. The second-order valence-corrected chi connectivity index (χ2v) is 9.44. The number of hydrogen-bond donors (Lipinski definition) is 2. The summed E-state index contributed by atoms with van der Waals surface area (Å²) < 4.78 is 0. The van der Waals surface area contributed by atoms with E-state index in [0.717, 1.165) is 72.5 Å². The maximum atomic E-state index is 6.14. The summed E-state index contributed by atoms with van der Waals surface area (Å²) in [7, 11) is 0. The van der Waals surface area contributed by atoms with Crippen molar-refractivity contribution in [2.24, 2.45) is 0 Å². The minimum Gasteiger partial charge on any atom is -0.368 e. The summed E-state index contributed by atoms with van der Waals surface area (Å²) in [6.45, 7) is 8.69. The van der Waals surface area contributed by atoms with E-state index < -0.39 is 0 Å². The molecular formula is C25H29N7S. The average Bonchev–Trinajstić information content (AvgIpc) is 2.83. The molecule has 0 bridgehead atoms. The fraction of sp³-hybridized carbons (Fsp3) is 0.360. The molecule has 0 amide bonds. The number of nitrogens with zero attached hydrogens (tertiary/aromatic N) is 5. The molecule has 7 nitrogen and oxygen atoms in total. The quantitative estimate of drug-likeness (QED) is 0.455. The number of benzene rings is 1. The van der Waals surface area contributed by atoms with Crippen molar-refractivity contribution in [2.75, 3.05) is 41.7 Å². The lowest BCUT2D eigenvalue weighted by Crippen LogP contribution is -2.44. The first kappa shape index (κ1) is 21.7. The summed E-state index contributed by atoms with van der Waals surface area (Å²) in [6.07, 6.45) is 2.87. The van der Waals surface area contributed by atoms with Gasteiger partial charge >= 0.3 is 0 Å². The predicted octanol–water partition coefficient (Wildman–Crippen LogP) is 3.22. The topological polar surface area (TPSA) is 83.2 Å². The summed E-state index contributed by atoms with van der Waals surface area (Å²) >= 11 is 5.24. The Morgan fingerprint density at radius 2 is 1.79 bits per heavy atom. The standard InChI is InChI=1S/C25H29N7S/c1-16-11-18-3-4-19(20-5-6-22(17(2)33)28-14-20)12-21(18)15-32(16)24-13-23(29-25(26)30-24)31-9-7-27-8-10-31/h3-6,12-14,16,27H,7-11,15H2,1-2H3,(H2,26,29,30). The van der Waals surface area contributed by atoms with Crippen LogP contribution in [-0.2, 0) is 13.0 Å². The monoisotopic (exact) mass is 459 g/mol. The Kier molecular flexibility index (Phi) is 5.95. The lowest BCUT2D eigenvalue weighted by atomic mass is 9.92. The van der Waals surface area contributed by atoms with Gasteiger partial charge in [-0.1, -0.05) is 30.4 Å². The minimum absolute atomic E-state index is 0.319. The molecule has 2 aliphatic heterocycles. The van der Waals surface area contributed by atoms with Crippen molar-refractivity contribution in [1.29, 1.82) is 0 Å². The van der Waals surface area contributed by atoms with Gasteiger partial charge < -0.3 is 20.9 Å². The molecule has 3 N–H and O–H groups in total. The zero-order valence-electron chi connectivity index (χ0n) is 19.1. The zero-order chi connectivity index (χ0) is 22.9. The van der Waals surface area contributed by atoms with Crippen molar-refractivity contribution >= 4 is 34.7 Å². The molecule has 0 aliphatic carbocycles. The van der Waals surface area contributed by atoms with Crippen LogP contribution in [0.25, 0.3) is 11.1 Å². The van der Waals surface area contributed by atoms with Gasteiger partial charge in [-0.15, -0.1) is 0 Å². The second-order valence-electron chi connectivity index (χ2n) is 8.83. The van der Waals surface area contributed by atoms with Crippen LogP contribution in [0.3, 0.4) is 0 Å². The minimum atomic E-state index is 0.319. The van der Waals surface area contributed by atoms with E-state index in [4.69, 9.17) is 18.0 Å². The third-order valence-electron chi connectivity index (χ3n) is 6.50. The van der Waals surface area contributed by atoms with Crippen molar-refractivity contribution in [3.8, 4) is 11.1 Å². The Hall–Kier alpha value is -3.10. The Morgan fingerprint density at radius 3 is 2.52 bits per heavy atom. The van der Waals surface area contributed by atoms with Crippen LogP contribution in [-0.4, -0.2) is 52.0 Å². The number of piperazine rings is 1.